The number of rotatable bonds is 4. The number of benzene rings is 1. The maximum absolute atomic E-state index is 12.4. The van der Waals surface area contributed by atoms with E-state index in [0.29, 0.717) is 29.3 Å². The summed E-state index contributed by atoms with van der Waals surface area (Å²) >= 11 is 5.92. The van der Waals surface area contributed by atoms with Gasteiger partial charge in [0.1, 0.15) is 12.3 Å². The van der Waals surface area contributed by atoms with Crippen LogP contribution >= 0.6 is 11.6 Å². The summed E-state index contributed by atoms with van der Waals surface area (Å²) in [5.41, 5.74) is 0.396. The molecule has 0 aromatic heterocycles. The second-order valence-corrected chi connectivity index (χ2v) is 6.25. The van der Waals surface area contributed by atoms with Crippen LogP contribution in [-0.2, 0) is 14.4 Å². The number of carbonyl (C=O) groups is 3. The van der Waals surface area contributed by atoms with E-state index in [0.717, 1.165) is 4.90 Å². The Kier molecular flexibility index (Phi) is 4.57. The molecule has 1 aromatic rings. The zero-order valence-corrected chi connectivity index (χ0v) is 13.9. The molecule has 1 heterocycles. The molecule has 0 radical (unpaired) electrons. The first-order chi connectivity index (χ1) is 11.5. The van der Waals surface area contributed by atoms with E-state index in [1.54, 1.807) is 18.2 Å². The number of halogens is 1. The lowest BCUT2D eigenvalue weighted by Gasteiger charge is -2.15. The van der Waals surface area contributed by atoms with Crippen molar-refractivity contribution in [2.24, 2.45) is 11.8 Å². The number of imide groups is 1. The van der Waals surface area contributed by atoms with Crippen LogP contribution in [0.15, 0.2) is 30.4 Å². The summed E-state index contributed by atoms with van der Waals surface area (Å²) in [4.78, 5) is 38.0. The lowest BCUT2D eigenvalue weighted by molar-refractivity contribution is -0.142. The number of methoxy groups -OCH3 is 1. The van der Waals surface area contributed by atoms with Crippen LogP contribution in [0, 0.1) is 11.8 Å². The van der Waals surface area contributed by atoms with E-state index in [9.17, 15) is 14.4 Å². The van der Waals surface area contributed by atoms with Crippen molar-refractivity contribution in [1.82, 2.24) is 4.90 Å². The zero-order valence-electron chi connectivity index (χ0n) is 13.1. The molecule has 2 aliphatic rings. The molecule has 0 bridgehead atoms. The largest absolute Gasteiger partial charge is 0.495 e. The van der Waals surface area contributed by atoms with Crippen molar-refractivity contribution in [2.45, 2.75) is 12.8 Å². The molecular weight excluding hydrogens is 332 g/mol. The third kappa shape index (κ3) is 3.01. The Morgan fingerprint density at radius 3 is 2.46 bits per heavy atom. The van der Waals surface area contributed by atoms with Gasteiger partial charge in [-0.2, -0.15) is 0 Å². The van der Waals surface area contributed by atoms with Crippen LogP contribution in [0.5, 0.6) is 5.75 Å². The summed E-state index contributed by atoms with van der Waals surface area (Å²) in [6, 6.07) is 4.82. The fraction of sp³-hybridized carbons (Fsp3) is 0.353. The van der Waals surface area contributed by atoms with Crippen molar-refractivity contribution in [2.75, 3.05) is 19.0 Å². The number of likely N-dealkylation sites (tertiary alicyclic amines) is 1. The van der Waals surface area contributed by atoms with Gasteiger partial charge in [-0.1, -0.05) is 23.8 Å². The van der Waals surface area contributed by atoms with Crippen LogP contribution in [-0.4, -0.2) is 36.3 Å². The molecule has 0 saturated carbocycles. The number of anilines is 1. The third-order valence-corrected chi connectivity index (χ3v) is 4.57. The number of nitrogens with zero attached hydrogens (tertiary/aromatic N) is 1. The minimum Gasteiger partial charge on any atom is -0.495 e. The number of hydrogen-bond donors (Lipinski definition) is 1. The first-order valence-electron chi connectivity index (χ1n) is 7.65. The second-order valence-electron chi connectivity index (χ2n) is 5.81. The Hall–Kier alpha value is -2.34. The summed E-state index contributed by atoms with van der Waals surface area (Å²) < 4.78 is 5.16. The Bertz CT molecular complexity index is 705. The van der Waals surface area contributed by atoms with Crippen molar-refractivity contribution < 1.29 is 19.1 Å². The Morgan fingerprint density at radius 2 is 1.88 bits per heavy atom. The molecule has 126 valence electrons. The zero-order chi connectivity index (χ0) is 17.3. The SMILES string of the molecule is COc1ccc(Cl)cc1NC(=O)CN1C(=O)[C@H]2CC=CC[C@H]2C1=O. The maximum atomic E-state index is 12.4. The van der Waals surface area contributed by atoms with Gasteiger partial charge in [-0.3, -0.25) is 19.3 Å². The molecule has 2 atom stereocenters. The summed E-state index contributed by atoms with van der Waals surface area (Å²) in [5.74, 6) is -1.24. The lowest BCUT2D eigenvalue weighted by atomic mass is 9.85. The van der Waals surface area contributed by atoms with Gasteiger partial charge >= 0.3 is 0 Å². The second kappa shape index (κ2) is 6.65. The molecule has 1 N–H and O–H groups in total. The first-order valence-corrected chi connectivity index (χ1v) is 8.02. The Morgan fingerprint density at radius 1 is 1.25 bits per heavy atom. The predicted molar refractivity (Wildman–Crippen MR) is 88.7 cm³/mol. The highest BCUT2D eigenvalue weighted by atomic mass is 35.5. The molecule has 1 aliphatic carbocycles. The highest BCUT2D eigenvalue weighted by molar-refractivity contribution is 6.31. The summed E-state index contributed by atoms with van der Waals surface area (Å²) in [6.07, 6.45) is 4.92. The van der Waals surface area contributed by atoms with Crippen molar-refractivity contribution in [3.8, 4) is 5.75 Å². The van der Waals surface area contributed by atoms with Crippen molar-refractivity contribution in [1.29, 1.82) is 0 Å². The van der Waals surface area contributed by atoms with Crippen LogP contribution in [0.25, 0.3) is 0 Å². The average Bonchev–Trinajstić information content (AvgIpc) is 2.80. The number of ether oxygens (including phenoxy) is 1. The van der Waals surface area contributed by atoms with Gasteiger partial charge in [0.25, 0.3) is 0 Å². The van der Waals surface area contributed by atoms with E-state index < -0.39 is 5.91 Å². The Balaban J connectivity index is 1.71. The summed E-state index contributed by atoms with van der Waals surface area (Å²) in [5, 5.41) is 3.08. The van der Waals surface area contributed by atoms with Crippen molar-refractivity contribution in [3.63, 3.8) is 0 Å². The van der Waals surface area contributed by atoms with E-state index in [1.165, 1.54) is 7.11 Å². The minimum atomic E-state index is -0.469. The number of allylic oxidation sites excluding steroid dienone is 2. The quantitative estimate of drug-likeness (QED) is 0.668. The predicted octanol–water partition coefficient (Wildman–Crippen LogP) is 2.24. The highest BCUT2D eigenvalue weighted by Crippen LogP contribution is 2.35. The van der Waals surface area contributed by atoms with Gasteiger partial charge < -0.3 is 10.1 Å². The monoisotopic (exact) mass is 348 g/mol. The first kappa shape index (κ1) is 16.5. The maximum Gasteiger partial charge on any atom is 0.244 e. The van der Waals surface area contributed by atoms with E-state index in [2.05, 4.69) is 5.32 Å². The molecule has 0 spiro atoms. The fourth-order valence-corrected chi connectivity index (χ4v) is 3.31. The van der Waals surface area contributed by atoms with Gasteiger partial charge in [-0.15, -0.1) is 0 Å². The van der Waals surface area contributed by atoms with Crippen LogP contribution in [0.1, 0.15) is 12.8 Å². The number of amides is 3. The highest BCUT2D eigenvalue weighted by Gasteiger charge is 2.47. The number of fused-ring (bicyclic) bond motifs is 1. The molecule has 1 saturated heterocycles. The van der Waals surface area contributed by atoms with E-state index in [4.69, 9.17) is 16.3 Å². The van der Waals surface area contributed by atoms with Crippen LogP contribution in [0.4, 0.5) is 5.69 Å². The molecule has 1 aliphatic heterocycles. The molecule has 0 unspecified atom stereocenters. The molecular formula is C17H17ClN2O4. The number of nitrogens with one attached hydrogen (secondary N) is 1. The van der Waals surface area contributed by atoms with Crippen molar-refractivity contribution in [3.05, 3.63) is 35.4 Å². The van der Waals surface area contributed by atoms with E-state index in [1.807, 2.05) is 12.2 Å². The standard InChI is InChI=1S/C17H17ClN2O4/c1-24-14-7-6-10(18)8-13(14)19-15(21)9-20-16(22)11-4-2-3-5-12(11)17(20)23/h2-3,6-8,11-12H,4-5,9H2,1H3,(H,19,21)/t11-,12+. The smallest absolute Gasteiger partial charge is 0.244 e. The van der Waals surface area contributed by atoms with Gasteiger partial charge in [-0.25, -0.2) is 0 Å². The molecule has 1 aromatic carbocycles. The summed E-state index contributed by atoms with van der Waals surface area (Å²) in [7, 11) is 1.48. The molecule has 3 amide bonds. The topological polar surface area (TPSA) is 75.7 Å². The van der Waals surface area contributed by atoms with E-state index >= 15 is 0 Å². The molecule has 1 fully saturated rings. The van der Waals surface area contributed by atoms with Gasteiger partial charge in [0.15, 0.2) is 0 Å². The fourth-order valence-electron chi connectivity index (χ4n) is 3.14. The average molecular weight is 349 g/mol. The molecule has 3 rings (SSSR count). The normalized spacial score (nSPS) is 22.5. The van der Waals surface area contributed by atoms with E-state index in [-0.39, 0.29) is 30.2 Å². The van der Waals surface area contributed by atoms with Gasteiger partial charge in [0.05, 0.1) is 24.6 Å². The van der Waals surface area contributed by atoms with Crippen molar-refractivity contribution >= 4 is 35.0 Å². The van der Waals surface area contributed by atoms with Crippen LogP contribution in [0.2, 0.25) is 5.02 Å². The molecule has 24 heavy (non-hydrogen) atoms. The third-order valence-electron chi connectivity index (χ3n) is 4.34. The van der Waals surface area contributed by atoms with Crippen LogP contribution in [0.3, 0.4) is 0 Å². The number of carbonyl (C=O) groups excluding carboxylic acids is 3. The lowest BCUT2D eigenvalue weighted by Crippen LogP contribution is -2.38. The molecule has 7 heteroatoms. The van der Waals surface area contributed by atoms with Gasteiger partial charge in [-0.05, 0) is 31.0 Å². The van der Waals surface area contributed by atoms with Crippen LogP contribution < -0.4 is 10.1 Å². The van der Waals surface area contributed by atoms with Gasteiger partial charge in [0.2, 0.25) is 17.7 Å². The summed E-state index contributed by atoms with van der Waals surface area (Å²) in [6.45, 7) is -0.305. The Labute approximate surface area is 144 Å². The number of hydrogen-bond acceptors (Lipinski definition) is 4. The minimum absolute atomic E-state index is 0.275. The van der Waals surface area contributed by atoms with Gasteiger partial charge in [0, 0.05) is 5.02 Å². The molecule has 6 nitrogen and oxygen atoms in total.